The molecule has 0 saturated carbocycles. The summed E-state index contributed by atoms with van der Waals surface area (Å²) in [7, 11) is 4.26. The van der Waals surface area contributed by atoms with Crippen LogP contribution in [0.1, 0.15) is 6.92 Å². The Kier molecular flexibility index (Phi) is 14.5. The molecule has 41 valence electrons. The van der Waals surface area contributed by atoms with E-state index in [1.54, 1.807) is 0 Å². The van der Waals surface area contributed by atoms with Crippen LogP contribution in [0.15, 0.2) is 12.2 Å². The fourth-order valence-corrected chi connectivity index (χ4v) is 0. The summed E-state index contributed by atoms with van der Waals surface area (Å²) in [5, 5.41) is 0. The summed E-state index contributed by atoms with van der Waals surface area (Å²) in [5.74, 6) is 0. The zero-order valence-corrected chi connectivity index (χ0v) is 5.35. The Labute approximate surface area is 51.2 Å². The van der Waals surface area contributed by atoms with Crippen molar-refractivity contribution in [2.75, 3.05) is 0 Å². The molecule has 2 heteroatoms. The van der Waals surface area contributed by atoms with E-state index in [2.05, 4.69) is 38.3 Å². The fourth-order valence-electron chi connectivity index (χ4n) is 0. The van der Waals surface area contributed by atoms with Crippen LogP contribution < -0.4 is 0 Å². The van der Waals surface area contributed by atoms with E-state index in [1.807, 2.05) is 6.92 Å². The predicted molar refractivity (Wildman–Crippen MR) is 26.0 cm³/mol. The monoisotopic (exact) mass is 148 g/mol. The summed E-state index contributed by atoms with van der Waals surface area (Å²) >= 11 is 3.35. The topological polar surface area (TPSA) is 0 Å². The standard InChI is InChI=1S/C4H7.ClH.Ni/c1-4(2)3;;/h1-2H2,3H3;1H;/q-1;;+1/p-1. The van der Waals surface area contributed by atoms with Crippen molar-refractivity contribution >= 4 is 10.2 Å². The van der Waals surface area contributed by atoms with Gasteiger partial charge in [-0.3, -0.25) is 0 Å². The molecule has 0 aliphatic carbocycles. The first-order valence-corrected chi connectivity index (χ1v) is 2.69. The van der Waals surface area contributed by atoms with Crippen LogP contribution in [0, 0.1) is 6.92 Å². The molecule has 0 aliphatic heterocycles. The summed E-state index contributed by atoms with van der Waals surface area (Å²) < 4.78 is 0. The quantitative estimate of drug-likeness (QED) is 0.365. The molecule has 0 fully saturated rings. The van der Waals surface area contributed by atoms with Gasteiger partial charge in [-0.1, -0.05) is 6.92 Å². The zero-order valence-electron chi connectivity index (χ0n) is 3.61. The molecule has 0 N–H and O–H groups in total. The molecule has 0 heterocycles. The maximum absolute atomic E-state index is 4.26. The predicted octanol–water partition coefficient (Wildman–Crippen LogP) is 2.08. The first kappa shape index (κ1) is 9.64. The van der Waals surface area contributed by atoms with Gasteiger partial charge in [0.1, 0.15) is 0 Å². The minimum atomic E-state index is 0.917. The van der Waals surface area contributed by atoms with E-state index in [1.165, 1.54) is 0 Å². The van der Waals surface area contributed by atoms with E-state index < -0.39 is 0 Å². The molecular weight excluding hydrogens is 142 g/mol. The zero-order chi connectivity index (χ0) is 5.58. The number of halogens is 1. The Balaban J connectivity index is 0. The molecule has 0 rings (SSSR count). The van der Waals surface area contributed by atoms with Crippen molar-refractivity contribution in [3.63, 3.8) is 0 Å². The van der Waals surface area contributed by atoms with Gasteiger partial charge in [-0.05, 0) is 0 Å². The van der Waals surface area contributed by atoms with Crippen molar-refractivity contribution in [1.29, 1.82) is 0 Å². The Bertz CT molecular complexity index is 30.5. The molecule has 0 atom stereocenters. The molecule has 0 nitrogen and oxygen atoms in total. The molecule has 0 unspecified atom stereocenters. The van der Waals surface area contributed by atoms with Gasteiger partial charge in [-0.2, -0.15) is 0 Å². The molecule has 0 bridgehead atoms. The Morgan fingerprint density at radius 3 is 1.83 bits per heavy atom. The summed E-state index contributed by atoms with van der Waals surface area (Å²) in [6.45, 7) is 8.75. The second-order valence-electron chi connectivity index (χ2n) is 0.957. The molecule has 0 aromatic heterocycles. The van der Waals surface area contributed by atoms with Crippen molar-refractivity contribution < 1.29 is 14.6 Å². The van der Waals surface area contributed by atoms with Crippen LogP contribution in [0.3, 0.4) is 0 Å². The third-order valence-corrected chi connectivity index (χ3v) is 0. The van der Waals surface area contributed by atoms with Gasteiger partial charge in [0.05, 0.1) is 0 Å². The number of hydrogen-bond acceptors (Lipinski definition) is 0. The van der Waals surface area contributed by atoms with Crippen molar-refractivity contribution in [2.24, 2.45) is 0 Å². The van der Waals surface area contributed by atoms with Gasteiger partial charge in [0, 0.05) is 0 Å². The fraction of sp³-hybridized carbons (Fsp3) is 0.250. The van der Waals surface area contributed by atoms with E-state index in [4.69, 9.17) is 0 Å². The Morgan fingerprint density at radius 1 is 1.83 bits per heavy atom. The van der Waals surface area contributed by atoms with Gasteiger partial charge >= 0.3 is 24.8 Å². The van der Waals surface area contributed by atoms with Crippen molar-refractivity contribution in [2.45, 2.75) is 6.92 Å². The average molecular weight is 149 g/mol. The molecule has 0 aromatic rings. The van der Waals surface area contributed by atoms with Crippen LogP contribution in [-0.2, 0) is 14.6 Å². The molecule has 0 spiro atoms. The second kappa shape index (κ2) is 9.04. The van der Waals surface area contributed by atoms with E-state index >= 15 is 0 Å². The molecule has 0 aliphatic rings. The average Bonchev–Trinajstić information content (AvgIpc) is 1.41. The first-order valence-electron chi connectivity index (χ1n) is 1.33. The van der Waals surface area contributed by atoms with E-state index in [0.717, 1.165) is 5.57 Å². The summed E-state index contributed by atoms with van der Waals surface area (Å²) in [4.78, 5) is 0. The number of hydrogen-bond donors (Lipinski definition) is 0. The molecule has 0 amide bonds. The minimum absolute atomic E-state index is 0.917. The summed E-state index contributed by atoms with van der Waals surface area (Å²) in [6.07, 6.45) is 0. The summed E-state index contributed by atoms with van der Waals surface area (Å²) in [5.41, 5.74) is 0.917. The van der Waals surface area contributed by atoms with Crippen LogP contribution in [-0.4, -0.2) is 0 Å². The van der Waals surface area contributed by atoms with Crippen LogP contribution in [0.25, 0.3) is 0 Å². The van der Waals surface area contributed by atoms with Gasteiger partial charge < -0.3 is 0 Å². The number of allylic oxidation sites excluding steroid dienone is 1. The van der Waals surface area contributed by atoms with Crippen molar-refractivity contribution in [3.8, 4) is 0 Å². The molecule has 0 aromatic carbocycles. The van der Waals surface area contributed by atoms with Crippen LogP contribution >= 0.6 is 10.2 Å². The molecule has 0 saturated heterocycles. The third kappa shape index (κ3) is 327. The van der Waals surface area contributed by atoms with Gasteiger partial charge in [-0.25, -0.2) is 19.1 Å². The Hall–Kier alpha value is 0.394. The third-order valence-electron chi connectivity index (χ3n) is 0. The normalized spacial score (nSPS) is 5.33. The molecule has 0 radical (unpaired) electrons. The summed E-state index contributed by atoms with van der Waals surface area (Å²) in [6, 6.07) is 0. The van der Waals surface area contributed by atoms with Crippen molar-refractivity contribution in [3.05, 3.63) is 19.1 Å². The van der Waals surface area contributed by atoms with Crippen LogP contribution in [0.4, 0.5) is 0 Å². The van der Waals surface area contributed by atoms with Crippen molar-refractivity contribution in [1.82, 2.24) is 0 Å². The van der Waals surface area contributed by atoms with Gasteiger partial charge in [0.25, 0.3) is 0 Å². The first-order chi connectivity index (χ1) is 2.73. The second-order valence-corrected chi connectivity index (χ2v) is 0.957. The van der Waals surface area contributed by atoms with Gasteiger partial charge in [0.15, 0.2) is 0 Å². The van der Waals surface area contributed by atoms with Crippen LogP contribution in [0.2, 0.25) is 0 Å². The van der Waals surface area contributed by atoms with Crippen LogP contribution in [0.5, 0.6) is 0 Å². The van der Waals surface area contributed by atoms with E-state index in [-0.39, 0.29) is 0 Å². The number of rotatable bonds is 0. The molecular formula is C4H7ClNi-. The molecule has 6 heavy (non-hydrogen) atoms. The van der Waals surface area contributed by atoms with Gasteiger partial charge in [-0.15, -0.1) is 0 Å². The van der Waals surface area contributed by atoms with E-state index in [0.29, 0.717) is 0 Å². The Morgan fingerprint density at radius 2 is 1.83 bits per heavy atom. The SMILES string of the molecule is C=C([CH2-])C.[Cl][Ni]. The van der Waals surface area contributed by atoms with Gasteiger partial charge in [0.2, 0.25) is 0 Å². The van der Waals surface area contributed by atoms with E-state index in [9.17, 15) is 0 Å². The maximum atomic E-state index is 4.26.